The molecule has 10 heteroatoms. The van der Waals surface area contributed by atoms with E-state index in [9.17, 15) is 13.2 Å². The van der Waals surface area contributed by atoms with Crippen LogP contribution in [-0.4, -0.2) is 35.2 Å². The van der Waals surface area contributed by atoms with Gasteiger partial charge in [-0.05, 0) is 6.42 Å². The van der Waals surface area contributed by atoms with Gasteiger partial charge in [0.2, 0.25) is 10.0 Å². The molecule has 0 unspecified atom stereocenters. The van der Waals surface area contributed by atoms with Crippen LogP contribution in [0.1, 0.15) is 12.8 Å². The molecule has 1 rings (SSSR count). The summed E-state index contributed by atoms with van der Waals surface area (Å²) < 4.78 is 25.3. The average Bonchev–Trinajstić information content (AvgIpc) is 2.23. The highest BCUT2D eigenvalue weighted by Gasteiger charge is 2.15. The first-order valence-electron chi connectivity index (χ1n) is 4.70. The molecule has 1 heterocycles. The van der Waals surface area contributed by atoms with Gasteiger partial charge in [0.1, 0.15) is 11.3 Å². The van der Waals surface area contributed by atoms with E-state index in [1.54, 1.807) is 0 Å². The second-order valence-electron chi connectivity index (χ2n) is 3.25. The van der Waals surface area contributed by atoms with Crippen LogP contribution in [0.2, 0.25) is 10.2 Å². The zero-order valence-electron chi connectivity index (χ0n) is 8.93. The van der Waals surface area contributed by atoms with Gasteiger partial charge >= 0.3 is 5.97 Å². The van der Waals surface area contributed by atoms with E-state index in [0.29, 0.717) is 0 Å². The summed E-state index contributed by atoms with van der Waals surface area (Å²) in [4.78, 5) is 17.5. The maximum absolute atomic E-state index is 11.6. The number of aromatic nitrogens is 2. The van der Waals surface area contributed by atoms with Crippen LogP contribution in [0.25, 0.3) is 0 Å². The lowest BCUT2D eigenvalue weighted by Crippen LogP contribution is -2.18. The fraction of sp³-hybridized carbons (Fsp3) is 0.375. The minimum absolute atomic E-state index is 0.0128. The van der Waals surface area contributed by atoms with E-state index in [4.69, 9.17) is 28.3 Å². The molecule has 100 valence electrons. The number of halogens is 2. The maximum Gasteiger partial charge on any atom is 0.303 e. The van der Waals surface area contributed by atoms with Gasteiger partial charge < -0.3 is 5.11 Å². The number of nitrogens with one attached hydrogen (secondary N) is 1. The molecule has 18 heavy (non-hydrogen) atoms. The molecule has 1 aromatic rings. The molecule has 0 aliphatic rings. The lowest BCUT2D eigenvalue weighted by Gasteiger charge is -2.08. The highest BCUT2D eigenvalue weighted by Crippen LogP contribution is 2.26. The fourth-order valence-corrected chi connectivity index (χ4v) is 2.44. The first-order chi connectivity index (χ1) is 8.32. The second kappa shape index (κ2) is 6.17. The maximum atomic E-state index is 11.6. The molecule has 0 bridgehead atoms. The van der Waals surface area contributed by atoms with Crippen LogP contribution >= 0.6 is 23.2 Å². The highest BCUT2D eigenvalue weighted by molar-refractivity contribution is 7.92. The number of sulfonamides is 1. The standard InChI is InChI=1S/C8H9Cl2N3O4S/c9-6-7(10)11-4-12-8(6)13-18(16,17)3-1-2-5(14)15/h4H,1-3H2,(H,14,15)(H,11,12,13). The zero-order valence-corrected chi connectivity index (χ0v) is 11.3. The van der Waals surface area contributed by atoms with E-state index < -0.39 is 16.0 Å². The van der Waals surface area contributed by atoms with Crippen molar-refractivity contribution in [3.8, 4) is 0 Å². The molecular formula is C8H9Cl2N3O4S. The Labute approximate surface area is 113 Å². The van der Waals surface area contributed by atoms with Crippen LogP contribution in [0.4, 0.5) is 5.82 Å². The molecule has 0 aliphatic carbocycles. The number of aliphatic carboxylic acids is 1. The molecule has 1 aromatic heterocycles. The number of anilines is 1. The van der Waals surface area contributed by atoms with Crippen molar-refractivity contribution in [2.24, 2.45) is 0 Å². The van der Waals surface area contributed by atoms with E-state index in [2.05, 4.69) is 14.7 Å². The van der Waals surface area contributed by atoms with Gasteiger partial charge in [-0.15, -0.1) is 0 Å². The lowest BCUT2D eigenvalue weighted by molar-refractivity contribution is -0.137. The third-order valence-electron chi connectivity index (χ3n) is 1.80. The summed E-state index contributed by atoms with van der Waals surface area (Å²) in [6.07, 6.45) is 0.809. The van der Waals surface area contributed by atoms with Gasteiger partial charge in [-0.3, -0.25) is 9.52 Å². The number of carbonyl (C=O) groups is 1. The molecular weight excluding hydrogens is 305 g/mol. The summed E-state index contributed by atoms with van der Waals surface area (Å²) in [5.74, 6) is -1.54. The topological polar surface area (TPSA) is 109 Å². The van der Waals surface area contributed by atoms with Crippen molar-refractivity contribution < 1.29 is 18.3 Å². The summed E-state index contributed by atoms with van der Waals surface area (Å²) >= 11 is 11.3. The van der Waals surface area contributed by atoms with Crippen molar-refractivity contribution in [2.75, 3.05) is 10.5 Å². The highest BCUT2D eigenvalue weighted by atomic mass is 35.5. The van der Waals surface area contributed by atoms with Crippen molar-refractivity contribution in [1.82, 2.24) is 9.97 Å². The Balaban J connectivity index is 2.71. The molecule has 0 aliphatic heterocycles. The van der Waals surface area contributed by atoms with Gasteiger partial charge in [-0.1, -0.05) is 23.2 Å². The monoisotopic (exact) mass is 313 g/mol. The Morgan fingerprint density at radius 1 is 1.39 bits per heavy atom. The summed E-state index contributed by atoms with van der Waals surface area (Å²) in [6.45, 7) is 0. The second-order valence-corrected chi connectivity index (χ2v) is 5.82. The predicted molar refractivity (Wildman–Crippen MR) is 66.3 cm³/mol. The first kappa shape index (κ1) is 14.9. The molecule has 0 atom stereocenters. The van der Waals surface area contributed by atoms with E-state index >= 15 is 0 Å². The van der Waals surface area contributed by atoms with Crippen molar-refractivity contribution in [2.45, 2.75) is 12.8 Å². The molecule has 0 radical (unpaired) electrons. The Morgan fingerprint density at radius 3 is 2.67 bits per heavy atom. The fourth-order valence-electron chi connectivity index (χ4n) is 1.03. The van der Waals surface area contributed by atoms with Crippen molar-refractivity contribution in [1.29, 1.82) is 0 Å². The average molecular weight is 314 g/mol. The molecule has 0 amide bonds. The molecule has 0 fully saturated rings. The van der Waals surface area contributed by atoms with Crippen LogP contribution in [0.3, 0.4) is 0 Å². The van der Waals surface area contributed by atoms with Gasteiger partial charge in [-0.25, -0.2) is 18.4 Å². The first-order valence-corrected chi connectivity index (χ1v) is 7.11. The Morgan fingerprint density at radius 2 is 2.06 bits per heavy atom. The molecule has 0 spiro atoms. The minimum Gasteiger partial charge on any atom is -0.481 e. The smallest absolute Gasteiger partial charge is 0.303 e. The van der Waals surface area contributed by atoms with E-state index in [1.807, 2.05) is 0 Å². The van der Waals surface area contributed by atoms with Gasteiger partial charge in [0.05, 0.1) is 5.75 Å². The Hall–Kier alpha value is -1.12. The number of nitrogens with zero attached hydrogens (tertiary/aromatic N) is 2. The molecule has 0 aromatic carbocycles. The van der Waals surface area contributed by atoms with E-state index in [1.165, 1.54) is 0 Å². The molecule has 2 N–H and O–H groups in total. The number of rotatable bonds is 6. The van der Waals surface area contributed by atoms with Gasteiger partial charge in [0, 0.05) is 6.42 Å². The number of carboxylic acids is 1. The van der Waals surface area contributed by atoms with Crippen molar-refractivity contribution >= 4 is 45.0 Å². The molecule has 0 saturated carbocycles. The van der Waals surface area contributed by atoms with Gasteiger partial charge in [-0.2, -0.15) is 0 Å². The largest absolute Gasteiger partial charge is 0.481 e. The minimum atomic E-state index is -3.72. The zero-order chi connectivity index (χ0) is 13.8. The summed E-state index contributed by atoms with van der Waals surface area (Å²) in [7, 11) is -3.72. The summed E-state index contributed by atoms with van der Waals surface area (Å²) in [6, 6.07) is 0. The summed E-state index contributed by atoms with van der Waals surface area (Å²) in [5, 5.41) is 8.22. The quantitative estimate of drug-likeness (QED) is 0.768. The van der Waals surface area contributed by atoms with Gasteiger partial charge in [0.15, 0.2) is 11.0 Å². The third-order valence-corrected chi connectivity index (χ3v) is 3.87. The van der Waals surface area contributed by atoms with Crippen molar-refractivity contribution in [3.63, 3.8) is 0 Å². The van der Waals surface area contributed by atoms with E-state index in [0.717, 1.165) is 6.33 Å². The molecule has 0 saturated heterocycles. The van der Waals surface area contributed by atoms with Gasteiger partial charge in [0.25, 0.3) is 0 Å². The van der Waals surface area contributed by atoms with E-state index in [-0.39, 0.29) is 34.6 Å². The van der Waals surface area contributed by atoms with Crippen LogP contribution in [0.5, 0.6) is 0 Å². The Kier molecular flexibility index (Phi) is 5.12. The van der Waals surface area contributed by atoms with Crippen LogP contribution < -0.4 is 4.72 Å². The SMILES string of the molecule is O=C(O)CCCS(=O)(=O)Nc1ncnc(Cl)c1Cl. The Bertz CT molecular complexity index is 549. The number of carboxylic acid groups (broad SMARTS) is 1. The number of hydrogen-bond acceptors (Lipinski definition) is 5. The van der Waals surface area contributed by atoms with Crippen LogP contribution in [-0.2, 0) is 14.8 Å². The normalized spacial score (nSPS) is 11.2. The number of hydrogen-bond donors (Lipinski definition) is 2. The molecule has 7 nitrogen and oxygen atoms in total. The summed E-state index contributed by atoms with van der Waals surface area (Å²) in [5.41, 5.74) is 0. The van der Waals surface area contributed by atoms with Crippen LogP contribution in [0.15, 0.2) is 6.33 Å². The van der Waals surface area contributed by atoms with Crippen molar-refractivity contribution in [3.05, 3.63) is 16.5 Å². The van der Waals surface area contributed by atoms with Crippen LogP contribution in [0, 0.1) is 0 Å². The lowest BCUT2D eigenvalue weighted by atomic mass is 10.3. The third kappa shape index (κ3) is 4.63. The predicted octanol–water partition coefficient (Wildman–Crippen LogP) is 1.39.